The van der Waals surface area contributed by atoms with Gasteiger partial charge in [-0.25, -0.2) is 0 Å². The Hall–Kier alpha value is -1.64. The zero-order chi connectivity index (χ0) is 18.5. The average molecular weight is 497 g/mol. The molecule has 134 valence electrons. The SMILES string of the molecule is Cc1ccc(NC(=O)CSc2nnc(Cc3ccc(Br)cc3)o2)cc1Br. The molecule has 0 aliphatic heterocycles. The number of aryl methyl sites for hydroxylation is 1. The number of carbonyl (C=O) groups is 1. The van der Waals surface area contributed by atoms with Crippen LogP contribution in [0, 0.1) is 6.92 Å². The summed E-state index contributed by atoms with van der Waals surface area (Å²) in [4.78, 5) is 12.1. The first-order valence-corrected chi connectivity index (χ1v) is 10.3. The van der Waals surface area contributed by atoms with Crippen molar-refractivity contribution in [3.8, 4) is 0 Å². The van der Waals surface area contributed by atoms with Crippen LogP contribution in [0.1, 0.15) is 17.0 Å². The van der Waals surface area contributed by atoms with E-state index in [0.717, 1.165) is 25.8 Å². The maximum atomic E-state index is 12.1. The molecule has 8 heteroatoms. The molecule has 0 bridgehead atoms. The Morgan fingerprint density at radius 3 is 2.65 bits per heavy atom. The van der Waals surface area contributed by atoms with Crippen LogP contribution in [0.4, 0.5) is 5.69 Å². The molecule has 1 heterocycles. The number of anilines is 1. The lowest BCUT2D eigenvalue weighted by atomic mass is 10.2. The molecular weight excluding hydrogens is 482 g/mol. The highest BCUT2D eigenvalue weighted by molar-refractivity contribution is 9.10. The quantitative estimate of drug-likeness (QED) is 0.473. The summed E-state index contributed by atoms with van der Waals surface area (Å²) in [6.45, 7) is 1.99. The molecule has 1 amide bonds. The van der Waals surface area contributed by atoms with Crippen LogP contribution in [-0.4, -0.2) is 21.9 Å². The van der Waals surface area contributed by atoms with Gasteiger partial charge in [-0.3, -0.25) is 4.79 Å². The molecule has 0 aliphatic carbocycles. The van der Waals surface area contributed by atoms with E-state index >= 15 is 0 Å². The molecule has 0 radical (unpaired) electrons. The number of hydrogen-bond acceptors (Lipinski definition) is 5. The van der Waals surface area contributed by atoms with Gasteiger partial charge in [0.05, 0.1) is 12.2 Å². The van der Waals surface area contributed by atoms with E-state index in [2.05, 4.69) is 47.4 Å². The van der Waals surface area contributed by atoms with Gasteiger partial charge in [0.15, 0.2) is 0 Å². The summed E-state index contributed by atoms with van der Waals surface area (Å²) < 4.78 is 7.57. The summed E-state index contributed by atoms with van der Waals surface area (Å²) in [5.41, 5.74) is 2.94. The second kappa shape index (κ2) is 8.83. The second-order valence-electron chi connectivity index (χ2n) is 5.57. The van der Waals surface area contributed by atoms with Gasteiger partial charge in [0.2, 0.25) is 11.8 Å². The first-order valence-electron chi connectivity index (χ1n) is 7.75. The summed E-state index contributed by atoms with van der Waals surface area (Å²) >= 11 is 8.08. The third kappa shape index (κ3) is 5.43. The maximum Gasteiger partial charge on any atom is 0.277 e. The fraction of sp³-hybridized carbons (Fsp3) is 0.167. The molecule has 0 fully saturated rings. The lowest BCUT2D eigenvalue weighted by Crippen LogP contribution is -2.14. The van der Waals surface area contributed by atoms with Gasteiger partial charge in [-0.2, -0.15) is 0 Å². The molecule has 26 heavy (non-hydrogen) atoms. The molecule has 2 aromatic carbocycles. The van der Waals surface area contributed by atoms with E-state index < -0.39 is 0 Å². The van der Waals surface area contributed by atoms with Crippen LogP contribution in [-0.2, 0) is 11.2 Å². The number of aromatic nitrogens is 2. The molecule has 0 aliphatic rings. The number of nitrogens with one attached hydrogen (secondary N) is 1. The van der Waals surface area contributed by atoms with Gasteiger partial charge in [0.25, 0.3) is 5.22 Å². The average Bonchev–Trinajstić information content (AvgIpc) is 3.06. The van der Waals surface area contributed by atoms with E-state index in [9.17, 15) is 4.79 Å². The fourth-order valence-corrected chi connectivity index (χ4v) is 3.36. The molecule has 0 saturated carbocycles. The van der Waals surface area contributed by atoms with Crippen molar-refractivity contribution in [1.29, 1.82) is 0 Å². The molecule has 1 aromatic heterocycles. The van der Waals surface area contributed by atoms with Crippen LogP contribution in [0.3, 0.4) is 0 Å². The van der Waals surface area contributed by atoms with Crippen LogP contribution in [0.5, 0.6) is 0 Å². The van der Waals surface area contributed by atoms with Gasteiger partial charge in [0, 0.05) is 14.6 Å². The lowest BCUT2D eigenvalue weighted by Gasteiger charge is -2.06. The molecule has 3 rings (SSSR count). The smallest absolute Gasteiger partial charge is 0.277 e. The minimum absolute atomic E-state index is 0.126. The zero-order valence-corrected chi connectivity index (χ0v) is 17.8. The number of hydrogen-bond donors (Lipinski definition) is 1. The van der Waals surface area contributed by atoms with Crippen molar-refractivity contribution in [3.63, 3.8) is 0 Å². The third-order valence-corrected chi connectivity index (χ3v) is 5.70. The number of halogens is 2. The van der Waals surface area contributed by atoms with Gasteiger partial charge < -0.3 is 9.73 Å². The Labute approximate surface area is 172 Å². The molecule has 1 N–H and O–H groups in total. The first kappa shape index (κ1) is 19.1. The molecule has 5 nitrogen and oxygen atoms in total. The van der Waals surface area contributed by atoms with Crippen molar-refractivity contribution < 1.29 is 9.21 Å². The zero-order valence-electron chi connectivity index (χ0n) is 13.8. The predicted octanol–water partition coefficient (Wildman–Crippen LogP) is 5.22. The van der Waals surface area contributed by atoms with Crippen molar-refractivity contribution in [1.82, 2.24) is 10.2 Å². The van der Waals surface area contributed by atoms with Gasteiger partial charge in [-0.05, 0) is 42.3 Å². The van der Waals surface area contributed by atoms with Gasteiger partial charge in [0.1, 0.15) is 0 Å². The van der Waals surface area contributed by atoms with Crippen molar-refractivity contribution in [2.75, 3.05) is 11.1 Å². The summed E-state index contributed by atoms with van der Waals surface area (Å²) in [5, 5.41) is 11.2. The highest BCUT2D eigenvalue weighted by Crippen LogP contribution is 2.22. The fourth-order valence-electron chi connectivity index (χ4n) is 2.14. The van der Waals surface area contributed by atoms with Crippen LogP contribution in [0.2, 0.25) is 0 Å². The van der Waals surface area contributed by atoms with E-state index in [1.807, 2.05) is 49.4 Å². The van der Waals surface area contributed by atoms with Gasteiger partial charge in [-0.15, -0.1) is 10.2 Å². The first-order chi connectivity index (χ1) is 12.5. The largest absolute Gasteiger partial charge is 0.416 e. The van der Waals surface area contributed by atoms with Gasteiger partial charge in [-0.1, -0.05) is 61.8 Å². The van der Waals surface area contributed by atoms with Crippen LogP contribution in [0.15, 0.2) is 61.0 Å². The Bertz CT molecular complexity index is 913. The maximum absolute atomic E-state index is 12.1. The standard InChI is InChI=1S/C18H15Br2N3O2S/c1-11-2-7-14(9-15(11)20)21-16(24)10-26-18-23-22-17(25-18)8-12-3-5-13(19)6-4-12/h2-7,9H,8,10H2,1H3,(H,21,24). The van der Waals surface area contributed by atoms with Crippen molar-refractivity contribution in [2.45, 2.75) is 18.6 Å². The summed E-state index contributed by atoms with van der Waals surface area (Å²) in [6, 6.07) is 13.6. The van der Waals surface area contributed by atoms with Crippen LogP contribution < -0.4 is 5.32 Å². The Kier molecular flexibility index (Phi) is 6.50. The molecule has 0 atom stereocenters. The van der Waals surface area contributed by atoms with E-state index in [-0.39, 0.29) is 11.7 Å². The molecule has 0 spiro atoms. The number of benzene rings is 2. The lowest BCUT2D eigenvalue weighted by molar-refractivity contribution is -0.113. The highest BCUT2D eigenvalue weighted by Gasteiger charge is 2.11. The number of amides is 1. The van der Waals surface area contributed by atoms with Crippen LogP contribution >= 0.6 is 43.6 Å². The molecule has 3 aromatic rings. The summed E-state index contributed by atoms with van der Waals surface area (Å²) in [5.74, 6) is 0.599. The third-order valence-electron chi connectivity index (χ3n) is 3.50. The second-order valence-corrected chi connectivity index (χ2v) is 8.26. The Morgan fingerprint density at radius 1 is 1.15 bits per heavy atom. The highest BCUT2D eigenvalue weighted by atomic mass is 79.9. The van der Waals surface area contributed by atoms with Crippen LogP contribution in [0.25, 0.3) is 0 Å². The van der Waals surface area contributed by atoms with E-state index in [4.69, 9.17) is 4.42 Å². The predicted molar refractivity (Wildman–Crippen MR) is 109 cm³/mol. The van der Waals surface area contributed by atoms with Gasteiger partial charge >= 0.3 is 0 Å². The van der Waals surface area contributed by atoms with Crippen molar-refractivity contribution >= 4 is 55.2 Å². The topological polar surface area (TPSA) is 68.0 Å². The minimum atomic E-state index is -0.126. The summed E-state index contributed by atoms with van der Waals surface area (Å²) in [6.07, 6.45) is 0.560. The normalized spacial score (nSPS) is 10.7. The molecular formula is C18H15Br2N3O2S. The summed E-state index contributed by atoms with van der Waals surface area (Å²) in [7, 11) is 0. The minimum Gasteiger partial charge on any atom is -0.416 e. The van der Waals surface area contributed by atoms with E-state index in [0.29, 0.717) is 17.5 Å². The molecule has 0 unspecified atom stereocenters. The Morgan fingerprint density at radius 2 is 1.92 bits per heavy atom. The molecule has 0 saturated heterocycles. The number of thioether (sulfide) groups is 1. The number of nitrogens with zero attached hydrogens (tertiary/aromatic N) is 2. The van der Waals surface area contributed by atoms with E-state index in [1.165, 1.54) is 11.8 Å². The monoisotopic (exact) mass is 495 g/mol. The van der Waals surface area contributed by atoms with Crippen molar-refractivity contribution in [3.05, 3.63) is 68.4 Å². The van der Waals surface area contributed by atoms with E-state index in [1.54, 1.807) is 0 Å². The van der Waals surface area contributed by atoms with Crippen molar-refractivity contribution in [2.24, 2.45) is 0 Å². The number of carbonyl (C=O) groups excluding carboxylic acids is 1. The Balaban J connectivity index is 1.51. The number of rotatable bonds is 6.